The first-order chi connectivity index (χ1) is 8.90. The van der Waals surface area contributed by atoms with Crippen LogP contribution in [-0.2, 0) is 21.5 Å². The Kier molecular flexibility index (Phi) is 5.13. The molecule has 1 rings (SSSR count). The number of nitrogens with two attached hydrogens (primary N) is 1. The number of nitrogens with one attached hydrogen (secondary N) is 1. The lowest BCUT2D eigenvalue weighted by Gasteiger charge is -2.19. The molecule has 1 aromatic rings. The molecule has 0 unspecified atom stereocenters. The maximum Gasteiger partial charge on any atom is 0.422 e. The zero-order chi connectivity index (χ0) is 14.5. The van der Waals surface area contributed by atoms with E-state index < -0.39 is 16.3 Å². The van der Waals surface area contributed by atoms with Gasteiger partial charge >= 0.3 is 16.3 Å². The van der Waals surface area contributed by atoms with Gasteiger partial charge in [0.25, 0.3) is 0 Å². The number of hydrogen-bond acceptors (Lipinski definition) is 5. The molecule has 19 heavy (non-hydrogen) atoms. The number of anilines is 1. The summed E-state index contributed by atoms with van der Waals surface area (Å²) in [5, 5.41) is 0. The molecule has 3 N–H and O–H groups in total. The van der Waals surface area contributed by atoms with Crippen LogP contribution in [0.1, 0.15) is 12.5 Å². The van der Waals surface area contributed by atoms with Crippen molar-refractivity contribution in [1.82, 2.24) is 4.72 Å². The Morgan fingerprint density at radius 2 is 1.95 bits per heavy atom. The Morgan fingerprint density at radius 1 is 1.37 bits per heavy atom. The fraction of sp³-hybridized carbons (Fsp3) is 0.364. The lowest BCUT2D eigenvalue weighted by molar-refractivity contribution is 0.158. The molecule has 0 atom stereocenters. The van der Waals surface area contributed by atoms with Gasteiger partial charge in [-0.2, -0.15) is 8.42 Å². The number of carbonyl (C=O) groups is 1. The van der Waals surface area contributed by atoms with Crippen molar-refractivity contribution in [3.63, 3.8) is 0 Å². The zero-order valence-corrected chi connectivity index (χ0v) is 11.6. The monoisotopic (exact) mass is 287 g/mol. The van der Waals surface area contributed by atoms with Crippen LogP contribution >= 0.6 is 0 Å². The van der Waals surface area contributed by atoms with Gasteiger partial charge in [0.1, 0.15) is 0 Å². The molecule has 0 bridgehead atoms. The summed E-state index contributed by atoms with van der Waals surface area (Å²) < 4.78 is 31.0. The number of nitrogens with zero attached hydrogens (tertiary/aromatic N) is 1. The highest BCUT2D eigenvalue weighted by Crippen LogP contribution is 2.16. The van der Waals surface area contributed by atoms with Gasteiger partial charge in [0.2, 0.25) is 0 Å². The molecule has 7 nitrogen and oxygen atoms in total. The molecular formula is C11H17N3O4S. The van der Waals surface area contributed by atoms with Gasteiger partial charge < -0.3 is 10.5 Å². The minimum Gasteiger partial charge on any atom is -0.449 e. The summed E-state index contributed by atoms with van der Waals surface area (Å²) in [6.45, 7) is 2.05. The van der Waals surface area contributed by atoms with Crippen LogP contribution in [0.2, 0.25) is 0 Å². The maximum absolute atomic E-state index is 11.9. The van der Waals surface area contributed by atoms with Crippen molar-refractivity contribution in [1.29, 1.82) is 0 Å². The van der Waals surface area contributed by atoms with Crippen LogP contribution in [0.3, 0.4) is 0 Å². The second-order valence-electron chi connectivity index (χ2n) is 3.67. The van der Waals surface area contributed by atoms with E-state index in [0.717, 1.165) is 9.87 Å². The number of rotatable bonds is 5. The van der Waals surface area contributed by atoms with Gasteiger partial charge in [-0.15, -0.1) is 0 Å². The Labute approximate surface area is 112 Å². The molecule has 0 fully saturated rings. The van der Waals surface area contributed by atoms with Crippen LogP contribution in [-0.4, -0.2) is 28.2 Å². The average molecular weight is 287 g/mol. The van der Waals surface area contributed by atoms with E-state index in [1.807, 2.05) is 0 Å². The van der Waals surface area contributed by atoms with E-state index in [0.29, 0.717) is 12.2 Å². The molecule has 0 aliphatic rings. The summed E-state index contributed by atoms with van der Waals surface area (Å²) >= 11 is 0. The molecular weight excluding hydrogens is 270 g/mol. The molecule has 0 radical (unpaired) electrons. The van der Waals surface area contributed by atoms with E-state index in [9.17, 15) is 13.2 Å². The number of carbonyl (C=O) groups excluding carboxylic acids is 1. The summed E-state index contributed by atoms with van der Waals surface area (Å²) in [4.78, 5) is 11.1. The Bertz CT molecular complexity index is 527. The van der Waals surface area contributed by atoms with Crippen molar-refractivity contribution in [3.8, 4) is 0 Å². The predicted octanol–water partition coefficient (Wildman–Crippen LogP) is 0.572. The molecule has 1 aromatic carbocycles. The SMILES string of the molecule is CCOC(=O)NS(=O)(=O)N(C)c1ccc(CN)cc1. The van der Waals surface area contributed by atoms with Gasteiger partial charge in [-0.3, -0.25) is 4.31 Å². The molecule has 8 heteroatoms. The fourth-order valence-corrected chi connectivity index (χ4v) is 2.12. The highest BCUT2D eigenvalue weighted by Gasteiger charge is 2.21. The van der Waals surface area contributed by atoms with Crippen LogP contribution in [0, 0.1) is 0 Å². The van der Waals surface area contributed by atoms with Crippen molar-refractivity contribution in [3.05, 3.63) is 29.8 Å². The smallest absolute Gasteiger partial charge is 0.422 e. The quantitative estimate of drug-likeness (QED) is 0.824. The summed E-state index contributed by atoms with van der Waals surface area (Å²) in [6, 6.07) is 6.64. The number of ether oxygens (including phenoxy) is 1. The van der Waals surface area contributed by atoms with Crippen molar-refractivity contribution in [2.45, 2.75) is 13.5 Å². The number of benzene rings is 1. The van der Waals surface area contributed by atoms with E-state index in [1.54, 1.807) is 35.9 Å². The molecule has 106 valence electrons. The van der Waals surface area contributed by atoms with Gasteiger partial charge in [0.15, 0.2) is 0 Å². The largest absolute Gasteiger partial charge is 0.449 e. The van der Waals surface area contributed by atoms with Crippen molar-refractivity contribution >= 4 is 22.0 Å². The predicted molar refractivity (Wildman–Crippen MR) is 71.8 cm³/mol. The van der Waals surface area contributed by atoms with Gasteiger partial charge in [-0.25, -0.2) is 9.52 Å². The minimum absolute atomic E-state index is 0.0935. The average Bonchev–Trinajstić information content (AvgIpc) is 2.37. The summed E-state index contributed by atoms with van der Waals surface area (Å²) in [5.74, 6) is 0. The van der Waals surface area contributed by atoms with E-state index in [4.69, 9.17) is 5.73 Å². The fourth-order valence-electron chi connectivity index (χ4n) is 1.32. The summed E-state index contributed by atoms with van der Waals surface area (Å²) in [6.07, 6.45) is -1.01. The zero-order valence-electron chi connectivity index (χ0n) is 10.8. The normalized spacial score (nSPS) is 10.9. The van der Waals surface area contributed by atoms with Crippen LogP contribution in [0.25, 0.3) is 0 Å². The third kappa shape index (κ3) is 4.11. The minimum atomic E-state index is -3.98. The summed E-state index contributed by atoms with van der Waals surface area (Å²) in [7, 11) is -2.64. The lowest BCUT2D eigenvalue weighted by atomic mass is 10.2. The van der Waals surface area contributed by atoms with Crippen LogP contribution < -0.4 is 14.8 Å². The maximum atomic E-state index is 11.9. The first kappa shape index (κ1) is 15.3. The van der Waals surface area contributed by atoms with E-state index in [-0.39, 0.29) is 6.61 Å². The second kappa shape index (κ2) is 6.39. The molecule has 0 spiro atoms. The standard InChI is InChI=1S/C11H17N3O4S/c1-3-18-11(15)13-19(16,17)14(2)10-6-4-9(8-12)5-7-10/h4-7H,3,8,12H2,1-2H3,(H,13,15). The summed E-state index contributed by atoms with van der Waals surface area (Å²) in [5.41, 5.74) is 6.75. The van der Waals surface area contributed by atoms with Crippen molar-refractivity contribution in [2.24, 2.45) is 5.73 Å². The highest BCUT2D eigenvalue weighted by molar-refractivity contribution is 7.91. The molecule has 0 saturated carbocycles. The number of amides is 1. The first-order valence-corrected chi connectivity index (χ1v) is 7.07. The van der Waals surface area contributed by atoms with Crippen LogP contribution in [0.5, 0.6) is 0 Å². The van der Waals surface area contributed by atoms with Gasteiger partial charge in [0, 0.05) is 13.6 Å². The molecule has 0 saturated heterocycles. The Balaban J connectivity index is 2.85. The molecule has 0 aromatic heterocycles. The molecule has 1 amide bonds. The second-order valence-corrected chi connectivity index (χ2v) is 5.37. The number of hydrogen-bond donors (Lipinski definition) is 2. The van der Waals surface area contributed by atoms with Crippen LogP contribution in [0.15, 0.2) is 24.3 Å². The third-order valence-corrected chi connectivity index (χ3v) is 3.74. The van der Waals surface area contributed by atoms with Gasteiger partial charge in [0.05, 0.1) is 12.3 Å². The first-order valence-electron chi connectivity index (χ1n) is 5.63. The lowest BCUT2D eigenvalue weighted by Crippen LogP contribution is -2.41. The van der Waals surface area contributed by atoms with Crippen molar-refractivity contribution < 1.29 is 17.9 Å². The third-order valence-electron chi connectivity index (χ3n) is 2.38. The van der Waals surface area contributed by atoms with Gasteiger partial charge in [-0.1, -0.05) is 12.1 Å². The van der Waals surface area contributed by atoms with Crippen molar-refractivity contribution in [2.75, 3.05) is 18.0 Å². The molecule has 0 aliphatic carbocycles. The highest BCUT2D eigenvalue weighted by atomic mass is 32.2. The molecule has 0 aliphatic heterocycles. The Morgan fingerprint density at radius 3 is 2.42 bits per heavy atom. The van der Waals surface area contributed by atoms with E-state index in [2.05, 4.69) is 4.74 Å². The topological polar surface area (TPSA) is 102 Å². The Hall–Kier alpha value is -1.80. The van der Waals surface area contributed by atoms with E-state index in [1.165, 1.54) is 7.05 Å². The van der Waals surface area contributed by atoms with Crippen LogP contribution in [0.4, 0.5) is 10.5 Å². The molecule has 0 heterocycles. The van der Waals surface area contributed by atoms with E-state index >= 15 is 0 Å². The van der Waals surface area contributed by atoms with Gasteiger partial charge in [-0.05, 0) is 24.6 Å².